The summed E-state index contributed by atoms with van der Waals surface area (Å²) in [6, 6.07) is 0. The Kier molecular flexibility index (Phi) is 4.92. The Morgan fingerprint density at radius 1 is 1.40 bits per heavy atom. The zero-order valence-electron chi connectivity index (χ0n) is 8.14. The Hall–Kier alpha value is -1.44. The van der Waals surface area contributed by atoms with Crippen LogP contribution in [0.4, 0.5) is 0 Å². The molecule has 0 bridgehead atoms. The number of hydrogen-bond donors (Lipinski definition) is 4. The molecule has 1 atom stereocenters. The molecule has 6 N–H and O–H groups in total. The van der Waals surface area contributed by atoms with Crippen molar-refractivity contribution in [3.8, 4) is 0 Å². The van der Waals surface area contributed by atoms with Crippen molar-refractivity contribution in [3.05, 3.63) is 0 Å². The highest BCUT2D eigenvalue weighted by Gasteiger charge is 2.41. The van der Waals surface area contributed by atoms with Gasteiger partial charge in [0.25, 0.3) is 0 Å². The number of rotatable bonds is 6. The molecule has 0 aliphatic carbocycles. The Morgan fingerprint density at radius 2 is 1.93 bits per heavy atom. The number of nitrogens with two attached hydrogens (primary N) is 2. The maximum atomic E-state index is 11.0. The van der Waals surface area contributed by atoms with Crippen LogP contribution in [0.5, 0.6) is 0 Å². The smallest absolute Gasteiger partial charge is 0.342 e. The third-order valence-electron chi connectivity index (χ3n) is 1.42. The predicted molar refractivity (Wildman–Crippen MR) is 56.6 cm³/mol. The van der Waals surface area contributed by atoms with Crippen LogP contribution >= 0.6 is 11.8 Å². The predicted octanol–water partition coefficient (Wildman–Crippen LogP) is -0.731. The van der Waals surface area contributed by atoms with Gasteiger partial charge in [0.15, 0.2) is 5.96 Å². The summed E-state index contributed by atoms with van der Waals surface area (Å²) in [5.41, 5.74) is 10.2. The highest BCUT2D eigenvalue weighted by atomic mass is 32.2. The SMILES string of the molecule is CCSC(CC(=O)O)(N=C(N)N)C(=O)O. The molecule has 8 heteroatoms. The molecular formula is C7H13N3O4S. The summed E-state index contributed by atoms with van der Waals surface area (Å²) in [6.45, 7) is 1.69. The van der Waals surface area contributed by atoms with Gasteiger partial charge in [-0.2, -0.15) is 0 Å². The molecule has 0 amide bonds. The lowest BCUT2D eigenvalue weighted by Crippen LogP contribution is -2.40. The van der Waals surface area contributed by atoms with E-state index >= 15 is 0 Å². The number of guanidine groups is 1. The van der Waals surface area contributed by atoms with Crippen LogP contribution in [0.15, 0.2) is 4.99 Å². The largest absolute Gasteiger partial charge is 0.481 e. The zero-order valence-corrected chi connectivity index (χ0v) is 8.95. The number of aliphatic carboxylic acids is 2. The minimum atomic E-state index is -1.83. The lowest BCUT2D eigenvalue weighted by Gasteiger charge is -2.22. The highest BCUT2D eigenvalue weighted by Crippen LogP contribution is 2.31. The van der Waals surface area contributed by atoms with Crippen molar-refractivity contribution in [3.63, 3.8) is 0 Å². The lowest BCUT2D eigenvalue weighted by molar-refractivity contribution is -0.146. The van der Waals surface area contributed by atoms with Gasteiger partial charge in [-0.3, -0.25) is 4.79 Å². The van der Waals surface area contributed by atoms with Crippen molar-refractivity contribution in [2.24, 2.45) is 16.5 Å². The normalized spacial score (nSPS) is 13.9. The Morgan fingerprint density at radius 3 is 2.20 bits per heavy atom. The zero-order chi connectivity index (χ0) is 12.1. The van der Waals surface area contributed by atoms with E-state index in [0.29, 0.717) is 5.75 Å². The average molecular weight is 235 g/mol. The van der Waals surface area contributed by atoms with Crippen LogP contribution in [0.25, 0.3) is 0 Å². The molecule has 1 unspecified atom stereocenters. The van der Waals surface area contributed by atoms with Crippen molar-refractivity contribution < 1.29 is 19.8 Å². The van der Waals surface area contributed by atoms with E-state index in [1.807, 2.05) is 0 Å². The first-order chi connectivity index (χ1) is 6.84. The number of carboxylic acid groups (broad SMARTS) is 2. The second-order valence-corrected chi connectivity index (χ2v) is 4.17. The second-order valence-electron chi connectivity index (χ2n) is 2.63. The van der Waals surface area contributed by atoms with Crippen molar-refractivity contribution in [2.75, 3.05) is 5.75 Å². The summed E-state index contributed by atoms with van der Waals surface area (Å²) in [7, 11) is 0. The first-order valence-corrected chi connectivity index (χ1v) is 5.02. The van der Waals surface area contributed by atoms with Crippen molar-refractivity contribution >= 4 is 29.7 Å². The fourth-order valence-corrected chi connectivity index (χ4v) is 1.96. The quantitative estimate of drug-likeness (QED) is 0.351. The molecule has 0 fully saturated rings. The molecule has 0 aromatic carbocycles. The van der Waals surface area contributed by atoms with E-state index in [-0.39, 0.29) is 0 Å². The summed E-state index contributed by atoms with van der Waals surface area (Å²) in [4.78, 5) is 23.2. The molecule has 0 heterocycles. The fourth-order valence-electron chi connectivity index (χ4n) is 0.960. The summed E-state index contributed by atoms with van der Waals surface area (Å²) in [5.74, 6) is -2.70. The Balaban J connectivity index is 5.16. The molecule has 0 saturated carbocycles. The van der Waals surface area contributed by atoms with Gasteiger partial charge in [-0.15, -0.1) is 11.8 Å². The van der Waals surface area contributed by atoms with Crippen LogP contribution in [0.3, 0.4) is 0 Å². The van der Waals surface area contributed by atoms with Gasteiger partial charge in [0, 0.05) is 0 Å². The molecule has 86 valence electrons. The first kappa shape index (κ1) is 13.6. The van der Waals surface area contributed by atoms with Crippen LogP contribution < -0.4 is 11.5 Å². The Bertz CT molecular complexity index is 290. The first-order valence-electron chi connectivity index (χ1n) is 4.04. The second kappa shape index (κ2) is 5.44. The number of nitrogens with zero attached hydrogens (tertiary/aromatic N) is 1. The monoisotopic (exact) mass is 235 g/mol. The lowest BCUT2D eigenvalue weighted by atomic mass is 10.2. The molecule has 0 spiro atoms. The molecule has 0 aromatic heterocycles. The summed E-state index contributed by atoms with van der Waals surface area (Å²) < 4.78 is 0. The molecule has 0 saturated heterocycles. The number of aliphatic imine (C=N–C) groups is 1. The molecule has 0 rings (SSSR count). The molecule has 0 aromatic rings. The third kappa shape index (κ3) is 4.07. The summed E-state index contributed by atoms with van der Waals surface area (Å²) in [6.07, 6.45) is -0.668. The van der Waals surface area contributed by atoms with E-state index in [0.717, 1.165) is 11.8 Å². The molecular weight excluding hydrogens is 222 g/mol. The minimum Gasteiger partial charge on any atom is -0.481 e. The van der Waals surface area contributed by atoms with Crippen LogP contribution in [0, 0.1) is 0 Å². The maximum absolute atomic E-state index is 11.0. The minimum absolute atomic E-state index is 0.385. The summed E-state index contributed by atoms with van der Waals surface area (Å²) >= 11 is 0.861. The third-order valence-corrected chi connectivity index (χ3v) is 2.59. The van der Waals surface area contributed by atoms with Gasteiger partial charge in [0.1, 0.15) is 0 Å². The number of hydrogen-bond acceptors (Lipinski definition) is 4. The maximum Gasteiger partial charge on any atom is 0.342 e. The van der Waals surface area contributed by atoms with Crippen LogP contribution in [0.1, 0.15) is 13.3 Å². The number of carboxylic acids is 2. The molecule has 7 nitrogen and oxygen atoms in total. The highest BCUT2D eigenvalue weighted by molar-refractivity contribution is 8.01. The Labute approximate surface area is 90.5 Å². The topological polar surface area (TPSA) is 139 Å². The summed E-state index contributed by atoms with van der Waals surface area (Å²) in [5, 5.41) is 17.6. The van der Waals surface area contributed by atoms with Crippen molar-refractivity contribution in [2.45, 2.75) is 18.2 Å². The molecule has 0 aliphatic rings. The average Bonchev–Trinajstić information content (AvgIpc) is 2.01. The van der Waals surface area contributed by atoms with Crippen LogP contribution in [0.2, 0.25) is 0 Å². The van der Waals surface area contributed by atoms with Gasteiger partial charge in [0.2, 0.25) is 4.87 Å². The molecule has 0 aliphatic heterocycles. The standard InChI is InChI=1S/C7H13N3O4S/c1-2-15-7(5(13)14,3-4(11)12)10-6(8)9/h2-3H2,1H3,(H,11,12)(H,13,14)(H4,8,9,10). The van der Waals surface area contributed by atoms with Gasteiger partial charge in [-0.25, -0.2) is 9.79 Å². The van der Waals surface area contributed by atoms with E-state index in [1.54, 1.807) is 6.92 Å². The van der Waals surface area contributed by atoms with Crippen LogP contribution in [-0.2, 0) is 9.59 Å². The molecule has 15 heavy (non-hydrogen) atoms. The van der Waals surface area contributed by atoms with Gasteiger partial charge in [-0.05, 0) is 5.75 Å². The van der Waals surface area contributed by atoms with E-state index < -0.39 is 29.2 Å². The van der Waals surface area contributed by atoms with Crippen LogP contribution in [-0.4, -0.2) is 38.7 Å². The van der Waals surface area contributed by atoms with E-state index in [9.17, 15) is 9.59 Å². The number of carbonyl (C=O) groups is 2. The number of thioether (sulfide) groups is 1. The van der Waals surface area contributed by atoms with E-state index in [1.165, 1.54) is 0 Å². The van der Waals surface area contributed by atoms with Crippen molar-refractivity contribution in [1.29, 1.82) is 0 Å². The van der Waals surface area contributed by atoms with E-state index in [2.05, 4.69) is 4.99 Å². The van der Waals surface area contributed by atoms with Crippen molar-refractivity contribution in [1.82, 2.24) is 0 Å². The van der Waals surface area contributed by atoms with Gasteiger partial charge >= 0.3 is 11.9 Å². The molecule has 0 radical (unpaired) electrons. The fraction of sp³-hybridized carbons (Fsp3) is 0.571. The van der Waals surface area contributed by atoms with Gasteiger partial charge < -0.3 is 21.7 Å². The van der Waals surface area contributed by atoms with Gasteiger partial charge in [-0.1, -0.05) is 6.92 Å². The van der Waals surface area contributed by atoms with E-state index in [4.69, 9.17) is 21.7 Å². The van der Waals surface area contributed by atoms with Gasteiger partial charge in [0.05, 0.1) is 6.42 Å².